The van der Waals surface area contributed by atoms with Crippen molar-refractivity contribution in [2.45, 2.75) is 26.1 Å². The zero-order chi connectivity index (χ0) is 16.0. The molecule has 0 aliphatic carbocycles. The predicted molar refractivity (Wildman–Crippen MR) is 96.2 cm³/mol. The van der Waals surface area contributed by atoms with Crippen LogP contribution in [0.4, 0.5) is 4.39 Å². The molecule has 118 valence electrons. The molecule has 0 aromatic heterocycles. The molecule has 0 spiro atoms. The number of benzene rings is 1. The number of alkyl halides is 1. The van der Waals surface area contributed by atoms with E-state index in [1.165, 1.54) is 0 Å². The lowest BCUT2D eigenvalue weighted by atomic mass is 10.2. The van der Waals surface area contributed by atoms with Crippen LogP contribution in [0.3, 0.4) is 0 Å². The number of carbonyl (C=O) groups is 1. The second kappa shape index (κ2) is 9.21. The molecule has 1 aromatic carbocycles. The van der Waals surface area contributed by atoms with Crippen molar-refractivity contribution in [3.8, 4) is 5.75 Å². The van der Waals surface area contributed by atoms with Gasteiger partial charge >= 0.3 is 5.97 Å². The van der Waals surface area contributed by atoms with Crippen molar-refractivity contribution in [2.24, 2.45) is 0 Å². The van der Waals surface area contributed by atoms with Crippen LogP contribution in [0.2, 0.25) is 0 Å². The van der Waals surface area contributed by atoms with Gasteiger partial charge in [-0.3, -0.25) is 0 Å². The fourth-order valence-electron chi connectivity index (χ4n) is 1.71. The van der Waals surface area contributed by atoms with Crippen molar-refractivity contribution >= 4 is 51.2 Å². The van der Waals surface area contributed by atoms with Crippen molar-refractivity contribution in [1.82, 2.24) is 4.90 Å². The normalized spacial score (nSPS) is 14.0. The van der Waals surface area contributed by atoms with Gasteiger partial charge in [0.1, 0.15) is 11.9 Å². The lowest BCUT2D eigenvalue weighted by Gasteiger charge is -2.23. The Morgan fingerprint density at radius 2 is 1.95 bits per heavy atom. The topological polar surface area (TPSA) is 49.8 Å². The molecule has 0 aliphatic heterocycles. The third-order valence-electron chi connectivity index (χ3n) is 3.01. The summed E-state index contributed by atoms with van der Waals surface area (Å²) in [6.07, 6.45) is -3.44. The number of hydrogen-bond acceptors (Lipinski definition) is 4. The molecule has 0 bridgehead atoms. The first-order chi connectivity index (χ1) is 9.88. The highest BCUT2D eigenvalue weighted by molar-refractivity contribution is 14.1. The highest BCUT2D eigenvalue weighted by Gasteiger charge is 2.29. The molecule has 1 rings (SSSR count). The van der Waals surface area contributed by atoms with Crippen molar-refractivity contribution in [3.63, 3.8) is 0 Å². The van der Waals surface area contributed by atoms with Gasteiger partial charge in [-0.05, 0) is 76.5 Å². The van der Waals surface area contributed by atoms with Crippen LogP contribution in [-0.2, 0) is 4.79 Å². The Kier molecular flexibility index (Phi) is 8.35. The smallest absolute Gasteiger partial charge is 0.348 e. The van der Waals surface area contributed by atoms with E-state index in [2.05, 4.69) is 45.2 Å². The molecule has 2 unspecified atom stereocenters. The first-order valence-electron chi connectivity index (χ1n) is 6.60. The molecule has 0 saturated heterocycles. The Morgan fingerprint density at radius 3 is 2.48 bits per heavy atom. The van der Waals surface area contributed by atoms with E-state index in [1.54, 1.807) is 18.2 Å². The van der Waals surface area contributed by atoms with Crippen LogP contribution in [0.15, 0.2) is 18.2 Å². The van der Waals surface area contributed by atoms with E-state index in [0.29, 0.717) is 13.1 Å². The van der Waals surface area contributed by atoms with Crippen LogP contribution in [0.1, 0.15) is 13.8 Å². The third-order valence-corrected chi connectivity index (χ3v) is 5.88. The minimum absolute atomic E-state index is 0.105. The van der Waals surface area contributed by atoms with Gasteiger partial charge in [-0.1, -0.05) is 13.8 Å². The van der Waals surface area contributed by atoms with Gasteiger partial charge in [0.25, 0.3) is 0 Å². The average molecular weight is 521 g/mol. The van der Waals surface area contributed by atoms with Crippen LogP contribution in [0.25, 0.3) is 0 Å². The number of ether oxygens (including phenoxy) is 1. The maximum absolute atomic E-state index is 13.9. The molecule has 0 amide bonds. The minimum atomic E-state index is -2.05. The second-order valence-corrected chi connectivity index (χ2v) is 6.78. The Hall–Kier alpha value is -0.000000000000000222. The van der Waals surface area contributed by atoms with E-state index in [9.17, 15) is 14.3 Å². The quantitative estimate of drug-likeness (QED) is 0.341. The largest absolute Gasteiger partial charge is 0.424 e. The number of likely N-dealkylation sites (N-methyl/N-ethyl adjacent to an activating group) is 1. The van der Waals surface area contributed by atoms with Crippen molar-refractivity contribution < 1.29 is 19.0 Å². The van der Waals surface area contributed by atoms with Gasteiger partial charge in [0, 0.05) is 13.7 Å². The summed E-state index contributed by atoms with van der Waals surface area (Å²) in [6.45, 7) is 5.30. The first kappa shape index (κ1) is 19.0. The standard InChI is InChI=1S/C14H18FI2NO3/c1-3-18(4-2)8-12(19)13(15)14(20)21-9-5-6-10(16)11(17)7-9/h5-7,12-13,19H,3-4,8H2,1-2H3. The first-order valence-corrected chi connectivity index (χ1v) is 8.76. The molecule has 7 heteroatoms. The maximum atomic E-state index is 13.9. The number of rotatable bonds is 7. The van der Waals surface area contributed by atoms with Gasteiger partial charge in [-0.25, -0.2) is 9.18 Å². The van der Waals surface area contributed by atoms with Crippen molar-refractivity contribution in [1.29, 1.82) is 0 Å². The molecule has 0 radical (unpaired) electrons. The molecule has 1 aromatic rings. The molecule has 1 N–H and O–H groups in total. The molecule has 0 heterocycles. The Bertz CT molecular complexity index is 483. The molecule has 2 atom stereocenters. The average Bonchev–Trinajstić information content (AvgIpc) is 2.47. The van der Waals surface area contributed by atoms with E-state index in [4.69, 9.17) is 4.74 Å². The van der Waals surface area contributed by atoms with Crippen LogP contribution in [0.5, 0.6) is 5.75 Å². The monoisotopic (exact) mass is 521 g/mol. The molecule has 0 saturated carbocycles. The Morgan fingerprint density at radius 1 is 1.33 bits per heavy atom. The van der Waals surface area contributed by atoms with Gasteiger partial charge in [-0.2, -0.15) is 0 Å². The van der Waals surface area contributed by atoms with Crippen molar-refractivity contribution in [3.05, 3.63) is 25.3 Å². The van der Waals surface area contributed by atoms with E-state index >= 15 is 0 Å². The minimum Gasteiger partial charge on any atom is -0.424 e. The SMILES string of the molecule is CCN(CC)CC(O)C(F)C(=O)Oc1ccc(I)c(I)c1. The summed E-state index contributed by atoms with van der Waals surface area (Å²) in [5, 5.41) is 9.78. The Balaban J connectivity index is 2.63. The summed E-state index contributed by atoms with van der Waals surface area (Å²) in [5.41, 5.74) is 0. The summed E-state index contributed by atoms with van der Waals surface area (Å²) < 4.78 is 20.8. The zero-order valence-corrected chi connectivity index (χ0v) is 16.2. The Labute approximate surface area is 151 Å². The van der Waals surface area contributed by atoms with Gasteiger partial charge in [-0.15, -0.1) is 0 Å². The molecular formula is C14H18FI2NO3. The molecule has 21 heavy (non-hydrogen) atoms. The third kappa shape index (κ3) is 5.95. The molecule has 0 fully saturated rings. The summed E-state index contributed by atoms with van der Waals surface area (Å²) >= 11 is 4.26. The van der Waals surface area contributed by atoms with Crippen LogP contribution in [-0.4, -0.2) is 47.9 Å². The second-order valence-electron chi connectivity index (χ2n) is 4.45. The number of aliphatic hydroxyl groups excluding tert-OH is 1. The number of carbonyl (C=O) groups excluding carboxylic acids is 1. The van der Waals surface area contributed by atoms with Crippen molar-refractivity contribution in [2.75, 3.05) is 19.6 Å². The fraction of sp³-hybridized carbons (Fsp3) is 0.500. The predicted octanol–water partition coefficient (Wildman–Crippen LogP) is 2.84. The van der Waals surface area contributed by atoms with Crippen LogP contribution in [0, 0.1) is 7.14 Å². The van der Waals surface area contributed by atoms with Gasteiger partial charge in [0.15, 0.2) is 0 Å². The zero-order valence-electron chi connectivity index (χ0n) is 11.9. The summed E-state index contributed by atoms with van der Waals surface area (Å²) in [4.78, 5) is 13.6. The molecule has 4 nitrogen and oxygen atoms in total. The molecular weight excluding hydrogens is 503 g/mol. The fourth-order valence-corrected chi connectivity index (χ4v) is 2.53. The maximum Gasteiger partial charge on any atom is 0.348 e. The number of aliphatic hydroxyl groups is 1. The number of halogens is 3. The van der Waals surface area contributed by atoms with E-state index in [0.717, 1.165) is 7.14 Å². The lowest BCUT2D eigenvalue weighted by molar-refractivity contribution is -0.144. The summed E-state index contributed by atoms with van der Waals surface area (Å²) in [5.74, 6) is -0.783. The summed E-state index contributed by atoms with van der Waals surface area (Å²) in [6, 6.07) is 5.04. The van der Waals surface area contributed by atoms with E-state index in [-0.39, 0.29) is 12.3 Å². The van der Waals surface area contributed by atoms with Crippen LogP contribution >= 0.6 is 45.2 Å². The number of hydrogen-bond donors (Lipinski definition) is 1. The van der Waals surface area contributed by atoms with Crippen LogP contribution < -0.4 is 4.74 Å². The highest BCUT2D eigenvalue weighted by Crippen LogP contribution is 2.21. The molecule has 0 aliphatic rings. The highest BCUT2D eigenvalue weighted by atomic mass is 127. The number of nitrogens with zero attached hydrogens (tertiary/aromatic N) is 1. The lowest BCUT2D eigenvalue weighted by Crippen LogP contribution is -2.42. The summed E-state index contributed by atoms with van der Waals surface area (Å²) in [7, 11) is 0. The number of esters is 1. The van der Waals surface area contributed by atoms with E-state index < -0.39 is 18.2 Å². The van der Waals surface area contributed by atoms with Gasteiger partial charge in [0.2, 0.25) is 6.17 Å². The van der Waals surface area contributed by atoms with Gasteiger partial charge < -0.3 is 14.7 Å². The van der Waals surface area contributed by atoms with E-state index in [1.807, 2.05) is 18.7 Å². The van der Waals surface area contributed by atoms with Gasteiger partial charge in [0.05, 0.1) is 0 Å².